The Kier molecular flexibility index (Phi) is 7.73. The van der Waals surface area contributed by atoms with Crippen LogP contribution in [0.2, 0.25) is 0 Å². The molecule has 2 aromatic carbocycles. The van der Waals surface area contributed by atoms with Gasteiger partial charge in [-0.2, -0.15) is 27.1 Å². The molecule has 4 aromatic rings. The first-order valence-corrected chi connectivity index (χ1v) is 12.3. The van der Waals surface area contributed by atoms with E-state index in [-0.39, 0.29) is 16.9 Å². The lowest BCUT2D eigenvalue weighted by atomic mass is 9.92. The molecule has 0 aliphatic heterocycles. The van der Waals surface area contributed by atoms with Crippen LogP contribution in [-0.2, 0) is 18.0 Å². The van der Waals surface area contributed by atoms with E-state index in [2.05, 4.69) is 10.4 Å². The minimum atomic E-state index is -4.57. The topological polar surface area (TPSA) is 78.2 Å². The summed E-state index contributed by atoms with van der Waals surface area (Å²) in [5.41, 5.74) is 0.505. The van der Waals surface area contributed by atoms with Crippen molar-refractivity contribution in [3.63, 3.8) is 0 Å². The Hall–Kier alpha value is -4.22. The summed E-state index contributed by atoms with van der Waals surface area (Å²) in [7, 11) is 1.61. The largest absolute Gasteiger partial charge is 0.484 e. The highest BCUT2D eigenvalue weighted by Crippen LogP contribution is 2.34. The SMILES string of the molecule is CC(C)[C@H](NC(=O)C(C)(F)F)[C@H](Oc1ccc2c(cnn2-c2ccc(=O)n(C)c2)c1)c1ccc(C(F)(F)F)cc1. The van der Waals surface area contributed by atoms with Gasteiger partial charge in [0.2, 0.25) is 5.56 Å². The van der Waals surface area contributed by atoms with Gasteiger partial charge in [0.25, 0.3) is 5.91 Å². The van der Waals surface area contributed by atoms with Crippen molar-refractivity contribution in [2.75, 3.05) is 0 Å². The fraction of sp³-hybridized carbons (Fsp3) is 0.321. The summed E-state index contributed by atoms with van der Waals surface area (Å²) in [6, 6.07) is 11.1. The van der Waals surface area contributed by atoms with Crippen molar-refractivity contribution < 1.29 is 31.5 Å². The molecule has 0 radical (unpaired) electrons. The number of benzene rings is 2. The maximum atomic E-state index is 13.8. The van der Waals surface area contributed by atoms with Crippen LogP contribution in [0.25, 0.3) is 16.6 Å². The Morgan fingerprint density at radius 1 is 1.00 bits per heavy atom. The van der Waals surface area contributed by atoms with Gasteiger partial charge in [0, 0.05) is 31.6 Å². The van der Waals surface area contributed by atoms with Gasteiger partial charge >= 0.3 is 12.1 Å². The molecule has 4 rings (SSSR count). The van der Waals surface area contributed by atoms with Gasteiger partial charge in [-0.15, -0.1) is 0 Å². The lowest BCUT2D eigenvalue weighted by molar-refractivity contribution is -0.145. The Labute approximate surface area is 226 Å². The van der Waals surface area contributed by atoms with Crippen LogP contribution < -0.4 is 15.6 Å². The second-order valence-corrected chi connectivity index (χ2v) is 9.90. The highest BCUT2D eigenvalue weighted by Gasteiger charge is 2.38. The number of aryl methyl sites for hydroxylation is 1. The highest BCUT2D eigenvalue weighted by molar-refractivity contribution is 5.83. The summed E-state index contributed by atoms with van der Waals surface area (Å²) in [6.07, 6.45) is -2.48. The van der Waals surface area contributed by atoms with Gasteiger partial charge < -0.3 is 14.6 Å². The molecule has 2 aromatic heterocycles. The third-order valence-electron chi connectivity index (χ3n) is 6.42. The van der Waals surface area contributed by atoms with Gasteiger partial charge in [-0.25, -0.2) is 4.68 Å². The quantitative estimate of drug-likeness (QED) is 0.281. The monoisotopic (exact) mass is 562 g/mol. The number of aromatic nitrogens is 3. The normalized spacial score (nSPS) is 13.8. The number of pyridine rings is 1. The molecule has 0 aliphatic carbocycles. The van der Waals surface area contributed by atoms with Crippen molar-refractivity contribution in [3.8, 4) is 11.4 Å². The number of ether oxygens (including phenoxy) is 1. The van der Waals surface area contributed by atoms with E-state index in [0.29, 0.717) is 23.5 Å². The third-order valence-corrected chi connectivity index (χ3v) is 6.42. The van der Waals surface area contributed by atoms with Gasteiger partial charge in [0.1, 0.15) is 11.9 Å². The molecule has 0 saturated carbocycles. The number of halogens is 5. The van der Waals surface area contributed by atoms with Crippen molar-refractivity contribution in [3.05, 3.63) is 88.5 Å². The van der Waals surface area contributed by atoms with Crippen molar-refractivity contribution in [2.24, 2.45) is 13.0 Å². The van der Waals surface area contributed by atoms with E-state index in [0.717, 1.165) is 12.1 Å². The fourth-order valence-electron chi connectivity index (χ4n) is 4.22. The molecule has 0 aliphatic rings. The zero-order chi connectivity index (χ0) is 29.4. The van der Waals surface area contributed by atoms with E-state index < -0.39 is 41.6 Å². The van der Waals surface area contributed by atoms with Crippen LogP contribution in [0.4, 0.5) is 22.0 Å². The van der Waals surface area contributed by atoms with Gasteiger partial charge in [0.05, 0.1) is 29.0 Å². The number of hydrogen-bond donors (Lipinski definition) is 1. The van der Waals surface area contributed by atoms with E-state index in [1.54, 1.807) is 62.2 Å². The van der Waals surface area contributed by atoms with Crippen molar-refractivity contribution >= 4 is 16.8 Å². The van der Waals surface area contributed by atoms with Crippen LogP contribution in [0.3, 0.4) is 0 Å². The molecule has 0 bridgehead atoms. The fourth-order valence-corrected chi connectivity index (χ4v) is 4.22. The molecule has 0 unspecified atom stereocenters. The van der Waals surface area contributed by atoms with Crippen LogP contribution in [0.5, 0.6) is 5.75 Å². The Morgan fingerprint density at radius 2 is 1.68 bits per heavy atom. The molecule has 212 valence electrons. The molecule has 40 heavy (non-hydrogen) atoms. The minimum absolute atomic E-state index is 0.183. The van der Waals surface area contributed by atoms with Crippen LogP contribution in [0.15, 0.2) is 71.8 Å². The van der Waals surface area contributed by atoms with Crippen molar-refractivity contribution in [2.45, 2.75) is 45.0 Å². The predicted molar refractivity (Wildman–Crippen MR) is 139 cm³/mol. The number of amides is 1. The number of carbonyl (C=O) groups is 1. The highest BCUT2D eigenvalue weighted by atomic mass is 19.4. The molecule has 0 saturated heterocycles. The Morgan fingerprint density at radius 3 is 2.25 bits per heavy atom. The van der Waals surface area contributed by atoms with Gasteiger partial charge in [-0.3, -0.25) is 9.59 Å². The average molecular weight is 563 g/mol. The molecule has 2 heterocycles. The maximum Gasteiger partial charge on any atom is 0.416 e. The Balaban J connectivity index is 1.73. The van der Waals surface area contributed by atoms with Gasteiger partial charge in [-0.1, -0.05) is 26.0 Å². The van der Waals surface area contributed by atoms with Crippen molar-refractivity contribution in [1.82, 2.24) is 19.7 Å². The van der Waals surface area contributed by atoms with E-state index >= 15 is 0 Å². The number of carbonyl (C=O) groups excluding carboxylic acids is 1. The predicted octanol–water partition coefficient (Wildman–Crippen LogP) is 5.66. The summed E-state index contributed by atoms with van der Waals surface area (Å²) in [4.78, 5) is 24.0. The lowest BCUT2D eigenvalue weighted by Crippen LogP contribution is -2.49. The number of hydrogen-bond acceptors (Lipinski definition) is 4. The number of nitrogens with one attached hydrogen (secondary N) is 1. The molecule has 2 atom stereocenters. The first-order valence-electron chi connectivity index (χ1n) is 12.3. The summed E-state index contributed by atoms with van der Waals surface area (Å²) in [5, 5.41) is 7.33. The van der Waals surface area contributed by atoms with E-state index in [1.165, 1.54) is 22.8 Å². The summed E-state index contributed by atoms with van der Waals surface area (Å²) in [5.74, 6) is -5.36. The number of fused-ring (bicyclic) bond motifs is 1. The summed E-state index contributed by atoms with van der Waals surface area (Å²) >= 11 is 0. The first-order chi connectivity index (χ1) is 18.6. The number of nitrogens with zero attached hydrogens (tertiary/aromatic N) is 3. The summed E-state index contributed by atoms with van der Waals surface area (Å²) in [6.45, 7) is 3.82. The maximum absolute atomic E-state index is 13.8. The molecule has 1 amide bonds. The van der Waals surface area contributed by atoms with Crippen molar-refractivity contribution in [1.29, 1.82) is 0 Å². The number of rotatable bonds is 8. The lowest BCUT2D eigenvalue weighted by Gasteiger charge is -2.32. The molecule has 1 N–H and O–H groups in total. The standard InChI is InChI=1S/C28H27F5N4O3/c1-16(2)24(35-26(39)27(3,29)30)25(17-5-7-19(8-6-17)28(31,32)33)40-21-10-11-22-18(13-21)14-34-37(22)20-9-12-23(38)36(4)15-20/h5-16,24-25H,1-4H3,(H,35,39)/t24-,25+/m0/s1. The van der Waals surface area contributed by atoms with Gasteiger partial charge in [0.15, 0.2) is 0 Å². The summed E-state index contributed by atoms with van der Waals surface area (Å²) < 4.78 is 76.3. The van der Waals surface area contributed by atoms with E-state index in [9.17, 15) is 31.5 Å². The first kappa shape index (κ1) is 28.8. The van der Waals surface area contributed by atoms with Crippen LogP contribution in [0.1, 0.15) is 38.0 Å². The smallest absolute Gasteiger partial charge is 0.416 e. The van der Waals surface area contributed by atoms with Crippen LogP contribution >= 0.6 is 0 Å². The second-order valence-electron chi connectivity index (χ2n) is 9.90. The average Bonchev–Trinajstić information content (AvgIpc) is 3.29. The number of alkyl halides is 5. The van der Waals surface area contributed by atoms with Crippen LogP contribution in [0, 0.1) is 5.92 Å². The molecule has 12 heteroatoms. The molecule has 0 fully saturated rings. The van der Waals surface area contributed by atoms with Gasteiger partial charge in [-0.05, 0) is 47.9 Å². The second kappa shape index (κ2) is 10.7. The molecular formula is C28H27F5N4O3. The third kappa shape index (κ3) is 6.16. The zero-order valence-corrected chi connectivity index (χ0v) is 22.0. The Bertz CT molecular complexity index is 1570. The molecule has 0 spiro atoms. The molecule has 7 nitrogen and oxygen atoms in total. The van der Waals surface area contributed by atoms with Crippen LogP contribution in [-0.4, -0.2) is 32.2 Å². The molecular weight excluding hydrogens is 535 g/mol. The van der Waals surface area contributed by atoms with E-state index in [4.69, 9.17) is 4.74 Å². The van der Waals surface area contributed by atoms with E-state index in [1.807, 2.05) is 0 Å². The zero-order valence-electron chi connectivity index (χ0n) is 22.0. The minimum Gasteiger partial charge on any atom is -0.484 e.